The Labute approximate surface area is 135 Å². The quantitative estimate of drug-likeness (QED) is 0.900. The molecule has 2 aromatic rings. The van der Waals surface area contributed by atoms with Gasteiger partial charge in [-0.15, -0.1) is 12.4 Å². The highest BCUT2D eigenvalue weighted by molar-refractivity contribution is 5.85. The van der Waals surface area contributed by atoms with Crippen LogP contribution in [-0.2, 0) is 4.79 Å². The molecule has 1 aliphatic heterocycles. The monoisotopic (exact) mass is 319 g/mol. The van der Waals surface area contributed by atoms with Crippen LogP contribution >= 0.6 is 12.4 Å². The van der Waals surface area contributed by atoms with Crippen molar-refractivity contribution >= 4 is 18.4 Å². The van der Waals surface area contributed by atoms with Crippen LogP contribution in [0.2, 0.25) is 0 Å². The van der Waals surface area contributed by atoms with Crippen molar-refractivity contribution in [1.82, 2.24) is 5.32 Å². The molecule has 4 nitrogen and oxygen atoms in total. The molecule has 1 saturated heterocycles. The smallest absolute Gasteiger partial charge is 0.320 e. The molecule has 0 spiro atoms. The van der Waals surface area contributed by atoms with Crippen molar-refractivity contribution in [2.75, 3.05) is 0 Å². The maximum atomic E-state index is 11.0. The van der Waals surface area contributed by atoms with Gasteiger partial charge in [0, 0.05) is 6.04 Å². The SMILES string of the molecule is Cl.O=C(O)C1CCC(c2ccc(Oc3ccccc3)cc2)N1. The van der Waals surface area contributed by atoms with E-state index >= 15 is 0 Å². The average molecular weight is 320 g/mol. The predicted octanol–water partition coefficient (Wildman–Crippen LogP) is 3.78. The minimum Gasteiger partial charge on any atom is -0.480 e. The highest BCUT2D eigenvalue weighted by Gasteiger charge is 2.29. The van der Waals surface area contributed by atoms with Crippen LogP contribution < -0.4 is 10.1 Å². The maximum absolute atomic E-state index is 11.0. The lowest BCUT2D eigenvalue weighted by atomic mass is 10.1. The molecule has 1 fully saturated rings. The number of para-hydroxylation sites is 1. The first kappa shape index (κ1) is 16.3. The lowest BCUT2D eigenvalue weighted by Gasteiger charge is -2.13. The number of nitrogens with one attached hydrogen (secondary N) is 1. The zero-order valence-electron chi connectivity index (χ0n) is 11.9. The Kier molecular flexibility index (Phi) is 5.41. The molecule has 0 bridgehead atoms. The van der Waals surface area contributed by atoms with E-state index in [0.717, 1.165) is 23.5 Å². The predicted molar refractivity (Wildman–Crippen MR) is 86.7 cm³/mol. The summed E-state index contributed by atoms with van der Waals surface area (Å²) in [5, 5.41) is 12.1. The van der Waals surface area contributed by atoms with Gasteiger partial charge in [0.2, 0.25) is 0 Å². The molecular formula is C17H18ClNO3. The van der Waals surface area contributed by atoms with Gasteiger partial charge in [0.05, 0.1) is 0 Å². The van der Waals surface area contributed by atoms with Gasteiger partial charge in [-0.25, -0.2) is 0 Å². The summed E-state index contributed by atoms with van der Waals surface area (Å²) >= 11 is 0. The number of carboxylic acid groups (broad SMARTS) is 1. The highest BCUT2D eigenvalue weighted by Crippen LogP contribution is 2.29. The molecule has 0 amide bonds. The van der Waals surface area contributed by atoms with E-state index in [1.807, 2.05) is 54.6 Å². The van der Waals surface area contributed by atoms with Gasteiger partial charge in [0.1, 0.15) is 17.5 Å². The molecule has 116 valence electrons. The summed E-state index contributed by atoms with van der Waals surface area (Å²) in [4.78, 5) is 11.0. The molecule has 0 aromatic heterocycles. The number of aliphatic carboxylic acids is 1. The number of halogens is 1. The summed E-state index contributed by atoms with van der Waals surface area (Å²) in [5.74, 6) is 0.800. The molecule has 2 atom stereocenters. The second-order valence-corrected chi connectivity index (χ2v) is 5.17. The largest absolute Gasteiger partial charge is 0.480 e. The molecule has 2 aromatic carbocycles. The number of rotatable bonds is 4. The first-order valence-corrected chi connectivity index (χ1v) is 7.04. The zero-order valence-corrected chi connectivity index (χ0v) is 12.8. The Balaban J connectivity index is 0.00000176. The molecule has 0 saturated carbocycles. The molecule has 2 unspecified atom stereocenters. The molecule has 1 aliphatic rings. The fourth-order valence-electron chi connectivity index (χ4n) is 2.59. The van der Waals surface area contributed by atoms with Gasteiger partial charge >= 0.3 is 5.97 Å². The van der Waals surface area contributed by atoms with E-state index in [1.165, 1.54) is 0 Å². The van der Waals surface area contributed by atoms with E-state index in [2.05, 4.69) is 5.32 Å². The lowest BCUT2D eigenvalue weighted by Crippen LogP contribution is -2.31. The van der Waals surface area contributed by atoms with Gasteiger partial charge in [-0.1, -0.05) is 30.3 Å². The van der Waals surface area contributed by atoms with E-state index in [-0.39, 0.29) is 18.4 Å². The molecule has 3 rings (SSSR count). The lowest BCUT2D eigenvalue weighted by molar-refractivity contribution is -0.139. The van der Waals surface area contributed by atoms with E-state index < -0.39 is 12.0 Å². The Hall–Kier alpha value is -2.04. The first-order valence-electron chi connectivity index (χ1n) is 7.04. The summed E-state index contributed by atoms with van der Waals surface area (Å²) in [6.07, 6.45) is 1.51. The normalized spacial score (nSPS) is 20.2. The molecule has 0 radical (unpaired) electrons. The van der Waals surface area contributed by atoms with Gasteiger partial charge in [0.15, 0.2) is 0 Å². The van der Waals surface area contributed by atoms with Crippen LogP contribution in [0.4, 0.5) is 0 Å². The number of ether oxygens (including phenoxy) is 1. The topological polar surface area (TPSA) is 58.6 Å². The Morgan fingerprint density at radius 3 is 2.23 bits per heavy atom. The summed E-state index contributed by atoms with van der Waals surface area (Å²) in [6.45, 7) is 0. The third-order valence-corrected chi connectivity index (χ3v) is 3.71. The summed E-state index contributed by atoms with van der Waals surface area (Å²) < 4.78 is 5.74. The minimum atomic E-state index is -0.776. The molecule has 0 aliphatic carbocycles. The van der Waals surface area contributed by atoms with Crippen molar-refractivity contribution in [2.24, 2.45) is 0 Å². The fourth-order valence-corrected chi connectivity index (χ4v) is 2.59. The van der Waals surface area contributed by atoms with Gasteiger partial charge in [-0.3, -0.25) is 10.1 Å². The van der Waals surface area contributed by atoms with Gasteiger partial charge in [-0.2, -0.15) is 0 Å². The molecular weight excluding hydrogens is 302 g/mol. The summed E-state index contributed by atoms with van der Waals surface area (Å²) in [6, 6.07) is 17.1. The number of carbonyl (C=O) groups is 1. The van der Waals surface area contributed by atoms with Crippen LogP contribution in [0.5, 0.6) is 11.5 Å². The second-order valence-electron chi connectivity index (χ2n) is 5.17. The summed E-state index contributed by atoms with van der Waals surface area (Å²) in [7, 11) is 0. The Morgan fingerprint density at radius 1 is 1.00 bits per heavy atom. The highest BCUT2D eigenvalue weighted by atomic mass is 35.5. The van der Waals surface area contributed by atoms with Crippen LogP contribution in [-0.4, -0.2) is 17.1 Å². The van der Waals surface area contributed by atoms with Crippen molar-refractivity contribution < 1.29 is 14.6 Å². The Morgan fingerprint density at radius 2 is 1.64 bits per heavy atom. The zero-order chi connectivity index (χ0) is 14.7. The maximum Gasteiger partial charge on any atom is 0.320 e. The van der Waals surface area contributed by atoms with Crippen LogP contribution in [0.1, 0.15) is 24.4 Å². The van der Waals surface area contributed by atoms with E-state index in [4.69, 9.17) is 9.84 Å². The Bertz CT molecular complexity index is 616. The van der Waals surface area contributed by atoms with Gasteiger partial charge < -0.3 is 9.84 Å². The second kappa shape index (κ2) is 7.29. The molecule has 22 heavy (non-hydrogen) atoms. The minimum absolute atomic E-state index is 0. The number of benzene rings is 2. The van der Waals surface area contributed by atoms with Crippen molar-refractivity contribution in [2.45, 2.75) is 24.9 Å². The number of hydrogen-bond donors (Lipinski definition) is 2. The summed E-state index contributed by atoms with van der Waals surface area (Å²) in [5.41, 5.74) is 1.10. The van der Waals surface area contributed by atoms with Crippen LogP contribution in [0.3, 0.4) is 0 Å². The first-order chi connectivity index (χ1) is 10.2. The molecule has 1 heterocycles. The third kappa shape index (κ3) is 3.78. The van der Waals surface area contributed by atoms with E-state index in [0.29, 0.717) is 6.42 Å². The van der Waals surface area contributed by atoms with E-state index in [1.54, 1.807) is 0 Å². The third-order valence-electron chi connectivity index (χ3n) is 3.71. The van der Waals surface area contributed by atoms with Crippen LogP contribution in [0.15, 0.2) is 54.6 Å². The number of carboxylic acids is 1. The number of hydrogen-bond acceptors (Lipinski definition) is 3. The van der Waals surface area contributed by atoms with Crippen LogP contribution in [0.25, 0.3) is 0 Å². The fraction of sp³-hybridized carbons (Fsp3) is 0.235. The van der Waals surface area contributed by atoms with Crippen molar-refractivity contribution in [3.8, 4) is 11.5 Å². The standard InChI is InChI=1S/C17H17NO3.ClH/c19-17(20)16-11-10-15(18-16)12-6-8-14(9-7-12)21-13-4-2-1-3-5-13;/h1-9,15-16,18H,10-11H2,(H,19,20);1H. The van der Waals surface area contributed by atoms with Crippen molar-refractivity contribution in [3.05, 3.63) is 60.2 Å². The molecule has 2 N–H and O–H groups in total. The van der Waals surface area contributed by atoms with Crippen molar-refractivity contribution in [3.63, 3.8) is 0 Å². The van der Waals surface area contributed by atoms with Gasteiger partial charge in [0.25, 0.3) is 0 Å². The van der Waals surface area contributed by atoms with Crippen LogP contribution in [0, 0.1) is 0 Å². The average Bonchev–Trinajstić information content (AvgIpc) is 2.99. The van der Waals surface area contributed by atoms with Gasteiger partial charge in [-0.05, 0) is 42.7 Å². The van der Waals surface area contributed by atoms with Crippen molar-refractivity contribution in [1.29, 1.82) is 0 Å². The van der Waals surface area contributed by atoms with E-state index in [9.17, 15) is 4.79 Å². The molecule has 5 heteroatoms.